The van der Waals surface area contributed by atoms with Crippen LogP contribution >= 0.6 is 0 Å². The average molecular weight is 560 g/mol. The molecule has 3 aromatic carbocycles. The van der Waals surface area contributed by atoms with Crippen LogP contribution in [0.3, 0.4) is 0 Å². The predicted molar refractivity (Wildman–Crippen MR) is 189 cm³/mol. The normalized spacial score (nSPS) is 27.5. The van der Waals surface area contributed by atoms with Gasteiger partial charge in [-0.1, -0.05) is 174 Å². The molecule has 208 valence electrons. The lowest BCUT2D eigenvalue weighted by molar-refractivity contribution is 0.679. The van der Waals surface area contributed by atoms with Crippen LogP contribution in [0.25, 0.3) is 11.1 Å². The molecule has 3 atom stereocenters. The summed E-state index contributed by atoms with van der Waals surface area (Å²) in [5.74, 6) is 0. The van der Waals surface area contributed by atoms with Crippen molar-refractivity contribution >= 4 is 25.5 Å². The second kappa shape index (κ2) is 10.00. The van der Waals surface area contributed by atoms with Crippen molar-refractivity contribution < 1.29 is 0 Å². The molecule has 2 aliphatic heterocycles. The maximum absolute atomic E-state index is 2.38. The van der Waals surface area contributed by atoms with E-state index in [9.17, 15) is 0 Å². The molecule has 0 saturated carbocycles. The summed E-state index contributed by atoms with van der Waals surface area (Å²) in [6.07, 6.45) is 30.3. The molecule has 0 aromatic heterocycles. The molecule has 3 aromatic rings. The van der Waals surface area contributed by atoms with Gasteiger partial charge in [0, 0.05) is 16.2 Å². The van der Waals surface area contributed by atoms with E-state index < -0.39 is 0 Å². The highest BCUT2D eigenvalue weighted by Crippen LogP contribution is 2.43. The molecule has 2 heterocycles. The highest BCUT2D eigenvalue weighted by atomic mass is 14.3. The van der Waals surface area contributed by atoms with E-state index in [-0.39, 0.29) is 16.2 Å². The van der Waals surface area contributed by atoms with Crippen LogP contribution in [0, 0.1) is 5.41 Å². The summed E-state index contributed by atoms with van der Waals surface area (Å²) in [5.41, 5.74) is 13.8. The van der Waals surface area contributed by atoms with Crippen LogP contribution in [0.5, 0.6) is 0 Å². The van der Waals surface area contributed by atoms with Crippen molar-refractivity contribution in [1.82, 2.24) is 0 Å². The topological polar surface area (TPSA) is 0 Å². The van der Waals surface area contributed by atoms with Gasteiger partial charge in [-0.2, -0.15) is 0 Å². The van der Waals surface area contributed by atoms with Gasteiger partial charge in [-0.15, -0.1) is 0 Å². The van der Waals surface area contributed by atoms with Gasteiger partial charge in [-0.05, 0) is 59.7 Å². The second-order valence-electron chi connectivity index (χ2n) is 13.3. The number of hydrogen-bond acceptors (Lipinski definition) is 0. The lowest BCUT2D eigenvalue weighted by atomic mass is 9.64. The first-order valence-electron chi connectivity index (χ1n) is 15.7. The van der Waals surface area contributed by atoms with Gasteiger partial charge in [0.2, 0.25) is 0 Å². The minimum atomic E-state index is -0.209. The van der Waals surface area contributed by atoms with E-state index in [1.54, 1.807) is 0 Å². The molecule has 0 fully saturated rings. The zero-order valence-corrected chi connectivity index (χ0v) is 25.6. The van der Waals surface area contributed by atoms with Gasteiger partial charge in [0.25, 0.3) is 0 Å². The van der Waals surface area contributed by atoms with Crippen molar-refractivity contribution in [1.29, 1.82) is 0 Å². The van der Waals surface area contributed by atoms with Gasteiger partial charge in [-0.3, -0.25) is 0 Å². The van der Waals surface area contributed by atoms with E-state index in [1.807, 2.05) is 0 Å². The molecule has 0 saturated heterocycles. The molecule has 0 bridgehead atoms. The third-order valence-corrected chi connectivity index (χ3v) is 10.2. The highest BCUT2D eigenvalue weighted by molar-refractivity contribution is 6.73. The van der Waals surface area contributed by atoms with Gasteiger partial charge < -0.3 is 0 Å². The molecule has 2 radical (unpaired) electrons. The molecule has 5 aliphatic rings. The maximum atomic E-state index is 2.38. The van der Waals surface area contributed by atoms with Crippen LogP contribution in [0.15, 0.2) is 179 Å². The predicted octanol–water partition coefficient (Wildman–Crippen LogP) is 8.07. The first-order valence-corrected chi connectivity index (χ1v) is 15.7. The number of benzene rings is 3. The summed E-state index contributed by atoms with van der Waals surface area (Å²) < 4.78 is 0. The molecular formula is C42H34B2. The Balaban J connectivity index is 1.05. The van der Waals surface area contributed by atoms with Crippen LogP contribution in [0.2, 0.25) is 0 Å². The van der Waals surface area contributed by atoms with Crippen molar-refractivity contribution in [3.63, 3.8) is 0 Å². The molecule has 3 aliphatic carbocycles. The van der Waals surface area contributed by atoms with Crippen LogP contribution in [-0.4, -0.2) is 14.6 Å². The Morgan fingerprint density at radius 2 is 1.09 bits per heavy atom. The van der Waals surface area contributed by atoms with E-state index in [0.29, 0.717) is 0 Å². The Hall–Kier alpha value is -4.55. The lowest BCUT2D eigenvalue weighted by Gasteiger charge is -2.25. The molecular weight excluding hydrogens is 526 g/mol. The van der Waals surface area contributed by atoms with Gasteiger partial charge >= 0.3 is 0 Å². The molecule has 0 spiro atoms. The van der Waals surface area contributed by atoms with Crippen molar-refractivity contribution in [3.8, 4) is 11.1 Å². The highest BCUT2D eigenvalue weighted by Gasteiger charge is 2.32. The minimum Gasteiger partial charge on any atom is -0.0740 e. The molecule has 0 N–H and O–H groups in total. The van der Waals surface area contributed by atoms with Crippen LogP contribution in [0.4, 0.5) is 0 Å². The fourth-order valence-corrected chi connectivity index (χ4v) is 7.19. The number of allylic oxidation sites excluding steroid dienone is 18. The van der Waals surface area contributed by atoms with Gasteiger partial charge in [0.05, 0.1) is 0 Å². The first kappa shape index (κ1) is 27.0. The molecule has 0 amide bonds. The summed E-state index contributed by atoms with van der Waals surface area (Å²) in [5, 5.41) is 0. The Kier molecular flexibility index (Phi) is 6.14. The third kappa shape index (κ3) is 4.39. The van der Waals surface area contributed by atoms with E-state index in [2.05, 4.69) is 187 Å². The van der Waals surface area contributed by atoms with Crippen molar-refractivity contribution in [2.45, 2.75) is 31.6 Å². The third-order valence-electron chi connectivity index (χ3n) is 10.2. The van der Waals surface area contributed by atoms with E-state index >= 15 is 0 Å². The van der Waals surface area contributed by atoms with E-state index in [4.69, 9.17) is 0 Å². The van der Waals surface area contributed by atoms with Crippen LogP contribution < -0.4 is 10.9 Å². The second-order valence-corrected chi connectivity index (χ2v) is 13.3. The van der Waals surface area contributed by atoms with Crippen molar-refractivity contribution in [2.75, 3.05) is 0 Å². The summed E-state index contributed by atoms with van der Waals surface area (Å²) in [6, 6.07) is 26.4. The standard InChI is InChI=1S/C42H34B2/c1-40(29-10-5-4-6-11-29)22-9-12-30(17-23-40)41(2)24-18-34-35-19-25-42(3,27-21-38(35)43-37(34)20-26-41)31-15-16-33-32-13-7-8-14-36(32)44-39(33)28-31/h4-28H,1-3H3. The maximum Gasteiger partial charge on any atom is 0.193 e. The number of hydrogen-bond donors (Lipinski definition) is 0. The van der Waals surface area contributed by atoms with Crippen LogP contribution in [0.1, 0.15) is 31.9 Å². The summed E-state index contributed by atoms with van der Waals surface area (Å²) in [7, 11) is 4.67. The monoisotopic (exact) mass is 560 g/mol. The van der Waals surface area contributed by atoms with Crippen LogP contribution in [-0.2, 0) is 10.8 Å². The minimum absolute atomic E-state index is 0.132. The van der Waals surface area contributed by atoms with Crippen molar-refractivity contribution in [2.24, 2.45) is 5.41 Å². The molecule has 3 unspecified atom stereocenters. The molecule has 0 nitrogen and oxygen atoms in total. The fourth-order valence-electron chi connectivity index (χ4n) is 7.19. The van der Waals surface area contributed by atoms with Gasteiger partial charge in [0.1, 0.15) is 0 Å². The molecule has 2 heteroatoms. The zero-order valence-electron chi connectivity index (χ0n) is 25.6. The quantitative estimate of drug-likeness (QED) is 0.223. The zero-order chi connectivity index (χ0) is 29.9. The van der Waals surface area contributed by atoms with Gasteiger partial charge in [0.15, 0.2) is 14.6 Å². The Morgan fingerprint density at radius 3 is 1.89 bits per heavy atom. The lowest BCUT2D eigenvalue weighted by Crippen LogP contribution is -2.24. The van der Waals surface area contributed by atoms with Gasteiger partial charge in [-0.25, -0.2) is 0 Å². The first-order chi connectivity index (χ1) is 21.3. The molecule has 8 rings (SSSR count). The van der Waals surface area contributed by atoms with E-state index in [1.165, 1.54) is 60.8 Å². The summed E-state index contributed by atoms with van der Waals surface area (Å²) in [4.78, 5) is 0. The number of fused-ring (bicyclic) bond motifs is 4. The SMILES string of the molecule is CC1(C2=CC=CC(C)(c3ccccc3)C=C2)C=CC2=C(C=C1)C1=C([B]2)C=CC(C)(c2ccc3c(c2)[B]c2ccccc2-3)C=C1. The Bertz CT molecular complexity index is 1990. The number of rotatable bonds is 3. The van der Waals surface area contributed by atoms with Crippen molar-refractivity contribution in [3.05, 3.63) is 191 Å². The Labute approximate surface area is 263 Å². The smallest absolute Gasteiger partial charge is 0.0740 e. The molecule has 44 heavy (non-hydrogen) atoms. The summed E-state index contributed by atoms with van der Waals surface area (Å²) >= 11 is 0. The Morgan fingerprint density at radius 1 is 0.477 bits per heavy atom. The summed E-state index contributed by atoms with van der Waals surface area (Å²) in [6.45, 7) is 6.92. The average Bonchev–Trinajstić information content (AvgIpc) is 3.36. The van der Waals surface area contributed by atoms with E-state index in [0.717, 1.165) is 0 Å². The fraction of sp³-hybridized carbons (Fsp3) is 0.143. The largest absolute Gasteiger partial charge is 0.193 e.